The zero-order valence-corrected chi connectivity index (χ0v) is 11.9. The van der Waals surface area contributed by atoms with Crippen LogP contribution in [0, 0.1) is 0 Å². The number of nitrogens with one attached hydrogen (secondary N) is 1. The minimum Gasteiger partial charge on any atom is -0.481 e. The highest BCUT2D eigenvalue weighted by molar-refractivity contribution is 8.93. The van der Waals surface area contributed by atoms with Crippen molar-refractivity contribution in [2.45, 2.75) is 6.42 Å². The Morgan fingerprint density at radius 3 is 2.89 bits per heavy atom. The third kappa shape index (κ3) is 3.81. The summed E-state index contributed by atoms with van der Waals surface area (Å²) < 4.78 is 2.53. The lowest BCUT2D eigenvalue weighted by atomic mass is 10.2. The van der Waals surface area contributed by atoms with Crippen LogP contribution < -0.4 is 5.69 Å². The molecule has 0 radical (unpaired) electrons. The van der Waals surface area contributed by atoms with E-state index in [4.69, 9.17) is 5.11 Å². The van der Waals surface area contributed by atoms with Gasteiger partial charge < -0.3 is 10.0 Å². The third-order valence-corrected chi connectivity index (χ3v) is 3.11. The molecule has 1 aromatic heterocycles. The standard InChI is InChI=1S/C10H11N3O3S.BrH/c14-8(15)3-6-13-4-1-7(2-5-13)9-11-10(16)12-17-9;/h1-2,4H,3,5-6H2,(H,12,16)(H,14,15);1H. The van der Waals surface area contributed by atoms with Crippen LogP contribution in [-0.2, 0) is 4.79 Å². The first-order chi connectivity index (χ1) is 8.15. The maximum absolute atomic E-state index is 10.9. The van der Waals surface area contributed by atoms with Gasteiger partial charge >= 0.3 is 11.7 Å². The van der Waals surface area contributed by atoms with Crippen molar-refractivity contribution < 1.29 is 9.90 Å². The topological polar surface area (TPSA) is 86.3 Å². The Labute approximate surface area is 118 Å². The second kappa shape index (κ2) is 6.50. The van der Waals surface area contributed by atoms with Gasteiger partial charge in [0.2, 0.25) is 0 Å². The van der Waals surface area contributed by atoms with E-state index < -0.39 is 5.97 Å². The van der Waals surface area contributed by atoms with Crippen molar-refractivity contribution in [3.8, 4) is 0 Å². The van der Waals surface area contributed by atoms with Crippen LogP contribution >= 0.6 is 28.5 Å². The van der Waals surface area contributed by atoms with Crippen LogP contribution in [0.5, 0.6) is 0 Å². The first-order valence-corrected chi connectivity index (χ1v) is 5.87. The van der Waals surface area contributed by atoms with E-state index in [1.54, 1.807) is 0 Å². The number of carbonyl (C=O) groups is 1. The Hall–Kier alpha value is -1.41. The van der Waals surface area contributed by atoms with Crippen molar-refractivity contribution in [2.24, 2.45) is 0 Å². The monoisotopic (exact) mass is 333 g/mol. The minimum absolute atomic E-state index is 0. The quantitative estimate of drug-likeness (QED) is 0.861. The molecule has 6 nitrogen and oxygen atoms in total. The smallest absolute Gasteiger partial charge is 0.355 e. The molecule has 1 aliphatic heterocycles. The van der Waals surface area contributed by atoms with Crippen LogP contribution in [0.3, 0.4) is 0 Å². The normalized spacial score (nSPS) is 14.0. The maximum Gasteiger partial charge on any atom is 0.355 e. The number of aromatic nitrogens is 2. The lowest BCUT2D eigenvalue weighted by molar-refractivity contribution is -0.137. The first-order valence-electron chi connectivity index (χ1n) is 5.05. The molecule has 0 bridgehead atoms. The van der Waals surface area contributed by atoms with Gasteiger partial charge in [-0.15, -0.1) is 17.0 Å². The average molecular weight is 334 g/mol. The summed E-state index contributed by atoms with van der Waals surface area (Å²) >= 11 is 1.19. The number of halogens is 1. The molecule has 0 spiro atoms. The molecule has 0 saturated heterocycles. The summed E-state index contributed by atoms with van der Waals surface area (Å²) in [4.78, 5) is 27.0. The molecule has 0 unspecified atom stereocenters. The molecular weight excluding hydrogens is 322 g/mol. The Balaban J connectivity index is 0.00000162. The fourth-order valence-corrected chi connectivity index (χ4v) is 2.07. The van der Waals surface area contributed by atoms with Crippen molar-refractivity contribution in [3.05, 3.63) is 33.8 Å². The largest absolute Gasteiger partial charge is 0.481 e. The molecule has 0 fully saturated rings. The number of carboxylic acid groups (broad SMARTS) is 1. The van der Waals surface area contributed by atoms with Crippen molar-refractivity contribution in [1.82, 2.24) is 14.3 Å². The van der Waals surface area contributed by atoms with Gasteiger partial charge in [-0.05, 0) is 17.6 Å². The van der Waals surface area contributed by atoms with Gasteiger partial charge in [0.15, 0.2) is 0 Å². The van der Waals surface area contributed by atoms with E-state index in [0.717, 1.165) is 5.57 Å². The van der Waals surface area contributed by atoms with Gasteiger partial charge in [0.05, 0.1) is 6.42 Å². The molecule has 0 amide bonds. The molecule has 1 aromatic rings. The second-order valence-corrected chi connectivity index (χ2v) is 4.34. The van der Waals surface area contributed by atoms with E-state index >= 15 is 0 Å². The summed E-state index contributed by atoms with van der Waals surface area (Å²) in [7, 11) is 0. The van der Waals surface area contributed by atoms with Crippen LogP contribution in [0.25, 0.3) is 5.57 Å². The summed E-state index contributed by atoms with van der Waals surface area (Å²) in [5.74, 6) is -0.807. The van der Waals surface area contributed by atoms with Crippen LogP contribution in [-0.4, -0.2) is 38.4 Å². The molecule has 8 heteroatoms. The Kier molecular flexibility index (Phi) is 5.29. The number of allylic oxidation sites excluding steroid dienone is 2. The average Bonchev–Trinajstić information content (AvgIpc) is 2.74. The van der Waals surface area contributed by atoms with Gasteiger partial charge in [-0.25, -0.2) is 4.79 Å². The van der Waals surface area contributed by atoms with E-state index in [9.17, 15) is 9.59 Å². The number of aliphatic carboxylic acids is 1. The fourth-order valence-electron chi connectivity index (χ4n) is 1.45. The number of nitrogens with zero attached hydrogens (tertiary/aromatic N) is 2. The molecular formula is C10H12BrN3O3S. The molecule has 2 N–H and O–H groups in total. The van der Waals surface area contributed by atoms with Crippen molar-refractivity contribution in [3.63, 3.8) is 0 Å². The number of hydrogen-bond acceptors (Lipinski definition) is 5. The Bertz CT molecular complexity index is 534. The molecule has 2 heterocycles. The van der Waals surface area contributed by atoms with Crippen molar-refractivity contribution in [2.75, 3.05) is 13.1 Å². The van der Waals surface area contributed by atoms with E-state index in [2.05, 4.69) is 9.36 Å². The Morgan fingerprint density at radius 1 is 1.61 bits per heavy atom. The number of H-pyrrole nitrogens is 1. The van der Waals surface area contributed by atoms with Gasteiger partial charge in [0, 0.05) is 24.9 Å². The molecule has 1 aliphatic rings. The molecule has 0 aromatic carbocycles. The number of rotatable bonds is 4. The van der Waals surface area contributed by atoms with Gasteiger partial charge in [-0.3, -0.25) is 9.17 Å². The zero-order chi connectivity index (χ0) is 12.3. The molecule has 0 saturated carbocycles. The summed E-state index contributed by atoms with van der Waals surface area (Å²) in [6.45, 7) is 1.11. The van der Waals surface area contributed by atoms with Crippen LogP contribution in [0.1, 0.15) is 11.4 Å². The predicted molar refractivity (Wildman–Crippen MR) is 74.0 cm³/mol. The van der Waals surface area contributed by atoms with E-state index in [1.807, 2.05) is 23.3 Å². The summed E-state index contributed by atoms with van der Waals surface area (Å²) in [6.07, 6.45) is 5.69. The number of aromatic amines is 1. The highest BCUT2D eigenvalue weighted by Crippen LogP contribution is 2.18. The predicted octanol–water partition coefficient (Wildman–Crippen LogP) is 1.10. The third-order valence-electron chi connectivity index (χ3n) is 2.31. The fraction of sp³-hybridized carbons (Fsp3) is 0.300. The molecule has 0 atom stereocenters. The van der Waals surface area contributed by atoms with Crippen LogP contribution in [0.15, 0.2) is 23.1 Å². The Morgan fingerprint density at radius 2 is 2.39 bits per heavy atom. The number of hydrogen-bond donors (Lipinski definition) is 2. The molecule has 0 aliphatic carbocycles. The minimum atomic E-state index is -0.807. The highest BCUT2D eigenvalue weighted by atomic mass is 79.9. The molecule has 18 heavy (non-hydrogen) atoms. The highest BCUT2D eigenvalue weighted by Gasteiger charge is 2.10. The van der Waals surface area contributed by atoms with E-state index in [1.165, 1.54) is 11.5 Å². The van der Waals surface area contributed by atoms with Crippen molar-refractivity contribution >= 4 is 40.1 Å². The van der Waals surface area contributed by atoms with E-state index in [0.29, 0.717) is 18.1 Å². The van der Waals surface area contributed by atoms with Gasteiger partial charge in [-0.2, -0.15) is 4.98 Å². The van der Waals surface area contributed by atoms with Gasteiger partial charge in [-0.1, -0.05) is 6.08 Å². The lowest BCUT2D eigenvalue weighted by Crippen LogP contribution is -2.22. The summed E-state index contributed by atoms with van der Waals surface area (Å²) in [5.41, 5.74) is 0.549. The van der Waals surface area contributed by atoms with Gasteiger partial charge in [0.25, 0.3) is 0 Å². The van der Waals surface area contributed by atoms with E-state index in [-0.39, 0.29) is 29.1 Å². The summed E-state index contributed by atoms with van der Waals surface area (Å²) in [5, 5.41) is 9.22. The van der Waals surface area contributed by atoms with Crippen molar-refractivity contribution in [1.29, 1.82) is 0 Å². The maximum atomic E-state index is 10.9. The first kappa shape index (κ1) is 14.7. The number of carboxylic acids is 1. The molecule has 98 valence electrons. The lowest BCUT2D eigenvalue weighted by Gasteiger charge is -2.20. The molecule has 2 rings (SSSR count). The second-order valence-electron chi connectivity index (χ2n) is 3.54. The van der Waals surface area contributed by atoms with Crippen LogP contribution in [0.4, 0.5) is 0 Å². The zero-order valence-electron chi connectivity index (χ0n) is 9.33. The summed E-state index contributed by atoms with van der Waals surface area (Å²) in [6, 6.07) is 0. The van der Waals surface area contributed by atoms with Gasteiger partial charge in [0.1, 0.15) is 5.01 Å². The van der Waals surface area contributed by atoms with Crippen LogP contribution in [0.2, 0.25) is 0 Å². The SMILES string of the molecule is Br.O=C(O)CCN1C=CC(c2nc(=O)[nH]s2)=CC1.